The summed E-state index contributed by atoms with van der Waals surface area (Å²) < 4.78 is 5.60. The number of carbonyl (C=O) groups is 1. The maximum atomic E-state index is 12.0. The Kier molecular flexibility index (Phi) is 7.22. The molecule has 2 aromatic carbocycles. The van der Waals surface area contributed by atoms with Crippen molar-refractivity contribution in [3.05, 3.63) is 52.5 Å². The highest BCUT2D eigenvalue weighted by Crippen LogP contribution is 2.25. The van der Waals surface area contributed by atoms with Gasteiger partial charge in [0.05, 0.1) is 23.9 Å². The van der Waals surface area contributed by atoms with E-state index in [2.05, 4.69) is 17.6 Å². The second-order valence-corrected chi connectivity index (χ2v) is 6.10. The average molecular weight is 367 g/mol. The van der Waals surface area contributed by atoms with Crippen LogP contribution >= 0.6 is 23.2 Å². The second kappa shape index (κ2) is 9.40. The number of benzene rings is 2. The number of hydrogen-bond donors (Lipinski definition) is 2. The van der Waals surface area contributed by atoms with Crippen LogP contribution in [0.4, 0.5) is 11.4 Å². The highest BCUT2D eigenvalue weighted by Gasteiger charge is 2.06. The highest BCUT2D eigenvalue weighted by atomic mass is 35.5. The standard InChI is InChI=1S/C18H20Cl2N2O2/c1-2-3-10-24-15-7-5-14(6-8-15)21-12-18(23)22-17-11-13(19)4-9-16(17)20/h4-9,11,21H,2-3,10,12H2,1H3,(H,22,23). The van der Waals surface area contributed by atoms with E-state index in [-0.39, 0.29) is 12.5 Å². The summed E-state index contributed by atoms with van der Waals surface area (Å²) in [6.07, 6.45) is 2.14. The molecule has 0 aromatic heterocycles. The summed E-state index contributed by atoms with van der Waals surface area (Å²) in [5, 5.41) is 6.73. The molecule has 0 atom stereocenters. The third-order valence-corrected chi connectivity index (χ3v) is 3.84. The molecular weight excluding hydrogens is 347 g/mol. The van der Waals surface area contributed by atoms with E-state index >= 15 is 0 Å². The normalized spacial score (nSPS) is 10.3. The summed E-state index contributed by atoms with van der Waals surface area (Å²) in [6, 6.07) is 12.4. The van der Waals surface area contributed by atoms with E-state index in [1.165, 1.54) is 0 Å². The lowest BCUT2D eigenvalue weighted by Gasteiger charge is -2.10. The molecule has 0 fully saturated rings. The molecule has 0 saturated carbocycles. The second-order valence-electron chi connectivity index (χ2n) is 5.25. The molecule has 6 heteroatoms. The van der Waals surface area contributed by atoms with Crippen molar-refractivity contribution in [3.8, 4) is 5.75 Å². The van der Waals surface area contributed by atoms with E-state index in [0.29, 0.717) is 22.3 Å². The molecule has 0 spiro atoms. The molecule has 0 unspecified atom stereocenters. The number of carbonyl (C=O) groups excluding carboxylic acids is 1. The zero-order valence-corrected chi connectivity index (χ0v) is 15.0. The molecule has 0 heterocycles. The number of anilines is 2. The molecule has 1 amide bonds. The molecule has 2 N–H and O–H groups in total. The molecule has 2 rings (SSSR count). The van der Waals surface area contributed by atoms with Gasteiger partial charge >= 0.3 is 0 Å². The highest BCUT2D eigenvalue weighted by molar-refractivity contribution is 6.35. The minimum Gasteiger partial charge on any atom is -0.494 e. The molecule has 128 valence electrons. The van der Waals surface area contributed by atoms with Crippen LogP contribution in [0.25, 0.3) is 0 Å². The van der Waals surface area contributed by atoms with Crippen LogP contribution in [0.15, 0.2) is 42.5 Å². The Labute approximate surface area is 152 Å². The summed E-state index contributed by atoms with van der Waals surface area (Å²) in [7, 11) is 0. The molecule has 0 aliphatic rings. The SMILES string of the molecule is CCCCOc1ccc(NCC(=O)Nc2cc(Cl)ccc2Cl)cc1. The zero-order chi connectivity index (χ0) is 17.4. The first-order chi connectivity index (χ1) is 11.6. The quantitative estimate of drug-likeness (QED) is 0.629. The summed E-state index contributed by atoms with van der Waals surface area (Å²) >= 11 is 11.9. The fourth-order valence-electron chi connectivity index (χ4n) is 1.97. The Bertz CT molecular complexity index is 675. The van der Waals surface area contributed by atoms with Gasteiger partial charge in [-0.3, -0.25) is 4.79 Å². The number of ether oxygens (including phenoxy) is 1. The summed E-state index contributed by atoms with van der Waals surface area (Å²) in [6.45, 7) is 2.96. The van der Waals surface area contributed by atoms with E-state index in [1.807, 2.05) is 24.3 Å². The van der Waals surface area contributed by atoms with Gasteiger partial charge in [0, 0.05) is 10.7 Å². The van der Waals surface area contributed by atoms with Gasteiger partial charge in [0.1, 0.15) is 5.75 Å². The van der Waals surface area contributed by atoms with Crippen LogP contribution in [0.3, 0.4) is 0 Å². The number of halogens is 2. The van der Waals surface area contributed by atoms with Gasteiger partial charge in [-0.15, -0.1) is 0 Å². The lowest BCUT2D eigenvalue weighted by molar-refractivity contribution is -0.114. The molecule has 0 saturated heterocycles. The maximum Gasteiger partial charge on any atom is 0.243 e. The number of hydrogen-bond acceptors (Lipinski definition) is 3. The van der Waals surface area contributed by atoms with Gasteiger partial charge in [-0.2, -0.15) is 0 Å². The largest absolute Gasteiger partial charge is 0.494 e. The van der Waals surface area contributed by atoms with Gasteiger partial charge in [-0.1, -0.05) is 36.5 Å². The number of nitrogens with one attached hydrogen (secondary N) is 2. The Morgan fingerprint density at radius 2 is 1.88 bits per heavy atom. The van der Waals surface area contributed by atoms with Crippen LogP contribution in [0, 0.1) is 0 Å². The maximum absolute atomic E-state index is 12.0. The first-order valence-corrected chi connectivity index (χ1v) is 8.55. The fraction of sp³-hybridized carbons (Fsp3) is 0.278. The Balaban J connectivity index is 1.82. The molecule has 24 heavy (non-hydrogen) atoms. The van der Waals surface area contributed by atoms with Crippen LogP contribution in [0.5, 0.6) is 5.75 Å². The van der Waals surface area contributed by atoms with Crippen molar-refractivity contribution in [2.75, 3.05) is 23.8 Å². The van der Waals surface area contributed by atoms with Gasteiger partial charge in [0.2, 0.25) is 5.91 Å². The van der Waals surface area contributed by atoms with E-state index in [9.17, 15) is 4.79 Å². The third kappa shape index (κ3) is 5.95. The lowest BCUT2D eigenvalue weighted by atomic mass is 10.3. The molecular formula is C18H20Cl2N2O2. The number of unbranched alkanes of at least 4 members (excludes halogenated alkanes) is 1. The van der Waals surface area contributed by atoms with Crippen molar-refractivity contribution in [3.63, 3.8) is 0 Å². The minimum absolute atomic E-state index is 0.124. The fourth-order valence-corrected chi connectivity index (χ4v) is 2.31. The van der Waals surface area contributed by atoms with Gasteiger partial charge in [-0.05, 0) is 48.9 Å². The topological polar surface area (TPSA) is 50.4 Å². The predicted octanol–water partition coefficient (Wildman–Crippen LogP) is 5.22. The van der Waals surface area contributed by atoms with Crippen LogP contribution in [-0.2, 0) is 4.79 Å². The van der Waals surface area contributed by atoms with Gasteiger partial charge in [0.15, 0.2) is 0 Å². The van der Waals surface area contributed by atoms with E-state index < -0.39 is 0 Å². The number of rotatable bonds is 8. The Morgan fingerprint density at radius 1 is 1.12 bits per heavy atom. The van der Waals surface area contributed by atoms with Gasteiger partial charge < -0.3 is 15.4 Å². The Hall–Kier alpha value is -1.91. The van der Waals surface area contributed by atoms with Crippen molar-refractivity contribution in [1.29, 1.82) is 0 Å². The zero-order valence-electron chi connectivity index (χ0n) is 13.4. The van der Waals surface area contributed by atoms with Gasteiger partial charge in [0.25, 0.3) is 0 Å². The monoisotopic (exact) mass is 366 g/mol. The van der Waals surface area contributed by atoms with Crippen molar-refractivity contribution in [1.82, 2.24) is 0 Å². The summed E-state index contributed by atoms with van der Waals surface area (Å²) in [4.78, 5) is 12.0. The smallest absolute Gasteiger partial charge is 0.243 e. The van der Waals surface area contributed by atoms with Crippen LogP contribution in [0.1, 0.15) is 19.8 Å². The summed E-state index contributed by atoms with van der Waals surface area (Å²) in [5.74, 6) is 0.617. The van der Waals surface area contributed by atoms with E-state index in [1.54, 1.807) is 18.2 Å². The van der Waals surface area contributed by atoms with Crippen molar-refractivity contribution >= 4 is 40.5 Å². The van der Waals surface area contributed by atoms with E-state index in [0.717, 1.165) is 24.3 Å². The van der Waals surface area contributed by atoms with Crippen molar-refractivity contribution in [2.24, 2.45) is 0 Å². The summed E-state index contributed by atoms with van der Waals surface area (Å²) in [5.41, 5.74) is 1.33. The van der Waals surface area contributed by atoms with Crippen LogP contribution < -0.4 is 15.4 Å². The molecule has 0 bridgehead atoms. The van der Waals surface area contributed by atoms with Gasteiger partial charge in [-0.25, -0.2) is 0 Å². The Morgan fingerprint density at radius 3 is 2.58 bits per heavy atom. The number of amides is 1. The minimum atomic E-state index is -0.206. The third-order valence-electron chi connectivity index (χ3n) is 3.28. The lowest BCUT2D eigenvalue weighted by Crippen LogP contribution is -2.21. The molecule has 0 aliphatic heterocycles. The first kappa shape index (κ1) is 18.4. The average Bonchev–Trinajstić information content (AvgIpc) is 2.58. The van der Waals surface area contributed by atoms with E-state index in [4.69, 9.17) is 27.9 Å². The molecule has 0 radical (unpaired) electrons. The first-order valence-electron chi connectivity index (χ1n) is 7.80. The molecule has 0 aliphatic carbocycles. The molecule has 4 nitrogen and oxygen atoms in total. The van der Waals surface area contributed by atoms with Crippen LogP contribution in [0.2, 0.25) is 10.0 Å². The van der Waals surface area contributed by atoms with Crippen molar-refractivity contribution in [2.45, 2.75) is 19.8 Å². The predicted molar refractivity (Wildman–Crippen MR) is 100 cm³/mol. The van der Waals surface area contributed by atoms with Crippen molar-refractivity contribution < 1.29 is 9.53 Å². The molecule has 2 aromatic rings. The van der Waals surface area contributed by atoms with Crippen LogP contribution in [-0.4, -0.2) is 19.1 Å².